The van der Waals surface area contributed by atoms with Gasteiger partial charge in [-0.25, -0.2) is 9.78 Å². The number of aromatic nitrogens is 1. The van der Waals surface area contributed by atoms with E-state index >= 15 is 0 Å². The molecular weight excluding hydrogens is 420 g/mol. The van der Waals surface area contributed by atoms with Gasteiger partial charge < -0.3 is 25.3 Å². The van der Waals surface area contributed by atoms with Gasteiger partial charge in [-0.05, 0) is 64.3 Å². The van der Waals surface area contributed by atoms with Crippen LogP contribution >= 0.6 is 0 Å². The summed E-state index contributed by atoms with van der Waals surface area (Å²) in [5, 5.41) is 8.78. The Bertz CT molecular complexity index is 953. The number of nitrogens with zero attached hydrogens (tertiary/aromatic N) is 3. The number of carbonyl (C=O) groups excluding carboxylic acids is 2. The number of piperazine rings is 1. The average molecular weight is 455 g/mol. The third-order valence-electron chi connectivity index (χ3n) is 5.93. The van der Waals surface area contributed by atoms with Crippen molar-refractivity contribution in [2.75, 3.05) is 36.4 Å². The summed E-state index contributed by atoms with van der Waals surface area (Å²) >= 11 is 0. The summed E-state index contributed by atoms with van der Waals surface area (Å²) in [6.45, 7) is 9.88. The van der Waals surface area contributed by atoms with Gasteiger partial charge in [-0.2, -0.15) is 0 Å². The second-order valence-electron chi connectivity index (χ2n) is 9.87. The lowest BCUT2D eigenvalue weighted by molar-refractivity contribution is 0.0914. The van der Waals surface area contributed by atoms with E-state index < -0.39 is 0 Å². The highest BCUT2D eigenvalue weighted by molar-refractivity contribution is 5.92. The highest BCUT2D eigenvalue weighted by Gasteiger charge is 2.22. The van der Waals surface area contributed by atoms with Crippen molar-refractivity contribution >= 4 is 23.3 Å². The lowest BCUT2D eigenvalue weighted by atomic mass is 9.93. The monoisotopic (exact) mass is 454 g/mol. The van der Waals surface area contributed by atoms with Gasteiger partial charge in [0.15, 0.2) is 5.69 Å². The largest absolute Gasteiger partial charge is 0.447 e. The van der Waals surface area contributed by atoms with Crippen molar-refractivity contribution in [3.63, 3.8) is 0 Å². The van der Waals surface area contributed by atoms with Gasteiger partial charge in [-0.15, -0.1) is 0 Å². The number of urea groups is 1. The van der Waals surface area contributed by atoms with Crippen LogP contribution in [0.15, 0.2) is 34.9 Å². The van der Waals surface area contributed by atoms with E-state index in [1.165, 1.54) is 12.7 Å². The predicted octanol–water partition coefficient (Wildman–Crippen LogP) is 3.20. The molecule has 1 aliphatic heterocycles. The maximum atomic E-state index is 12.2. The molecule has 4 rings (SSSR count). The Balaban J connectivity index is 1.23. The Morgan fingerprint density at radius 1 is 1.09 bits per heavy atom. The van der Waals surface area contributed by atoms with E-state index in [9.17, 15) is 9.59 Å². The molecule has 0 atom stereocenters. The fourth-order valence-electron chi connectivity index (χ4n) is 3.91. The van der Waals surface area contributed by atoms with Crippen molar-refractivity contribution in [1.29, 1.82) is 0 Å². The Morgan fingerprint density at radius 2 is 1.79 bits per heavy atom. The van der Waals surface area contributed by atoms with Crippen LogP contribution in [0.25, 0.3) is 0 Å². The SMILES string of the molecule is CC(C)(C)NC(=O)c1coc(CN2CCN(c3ccc(NC(=O)NC4CCC4)cc3)CC2)n1. The Labute approximate surface area is 194 Å². The second kappa shape index (κ2) is 9.82. The number of amides is 3. The smallest absolute Gasteiger partial charge is 0.319 e. The van der Waals surface area contributed by atoms with Crippen LogP contribution in [0.3, 0.4) is 0 Å². The predicted molar refractivity (Wildman–Crippen MR) is 127 cm³/mol. The summed E-state index contributed by atoms with van der Waals surface area (Å²) in [4.78, 5) is 33.2. The molecule has 2 heterocycles. The van der Waals surface area contributed by atoms with Crippen molar-refractivity contribution in [1.82, 2.24) is 20.5 Å². The molecule has 0 unspecified atom stereocenters. The summed E-state index contributed by atoms with van der Waals surface area (Å²) < 4.78 is 5.53. The molecule has 1 aromatic heterocycles. The molecule has 1 saturated carbocycles. The zero-order valence-electron chi connectivity index (χ0n) is 19.7. The van der Waals surface area contributed by atoms with Crippen LogP contribution in [0.4, 0.5) is 16.2 Å². The quantitative estimate of drug-likeness (QED) is 0.620. The summed E-state index contributed by atoms with van der Waals surface area (Å²) in [6.07, 6.45) is 4.76. The van der Waals surface area contributed by atoms with E-state index in [2.05, 4.69) is 30.7 Å². The lowest BCUT2D eigenvalue weighted by Gasteiger charge is -2.35. The molecular formula is C24H34N6O3. The van der Waals surface area contributed by atoms with E-state index in [1.807, 2.05) is 45.0 Å². The van der Waals surface area contributed by atoms with Gasteiger partial charge in [0.1, 0.15) is 6.26 Å². The first-order valence-electron chi connectivity index (χ1n) is 11.7. The minimum atomic E-state index is -0.316. The molecule has 1 aliphatic carbocycles. The molecule has 0 spiro atoms. The zero-order valence-corrected chi connectivity index (χ0v) is 19.7. The second-order valence-corrected chi connectivity index (χ2v) is 9.87. The van der Waals surface area contributed by atoms with Crippen molar-refractivity contribution in [2.45, 2.75) is 58.2 Å². The molecule has 3 N–H and O–H groups in total. The highest BCUT2D eigenvalue weighted by Crippen LogP contribution is 2.21. The first-order valence-corrected chi connectivity index (χ1v) is 11.7. The van der Waals surface area contributed by atoms with Gasteiger partial charge in [0.2, 0.25) is 5.89 Å². The van der Waals surface area contributed by atoms with Crippen LogP contribution in [0, 0.1) is 0 Å². The van der Waals surface area contributed by atoms with Crippen LogP contribution in [-0.4, -0.2) is 59.6 Å². The van der Waals surface area contributed by atoms with Crippen molar-refractivity contribution < 1.29 is 14.0 Å². The lowest BCUT2D eigenvalue weighted by Crippen LogP contribution is -2.46. The number of anilines is 2. The molecule has 2 aliphatic rings. The van der Waals surface area contributed by atoms with E-state index in [-0.39, 0.29) is 17.5 Å². The van der Waals surface area contributed by atoms with E-state index in [1.54, 1.807) is 0 Å². The van der Waals surface area contributed by atoms with Crippen LogP contribution in [0.1, 0.15) is 56.4 Å². The molecule has 3 amide bonds. The van der Waals surface area contributed by atoms with Gasteiger partial charge in [0.25, 0.3) is 5.91 Å². The van der Waals surface area contributed by atoms with Crippen LogP contribution < -0.4 is 20.9 Å². The van der Waals surface area contributed by atoms with Gasteiger partial charge in [-0.3, -0.25) is 9.69 Å². The number of hydrogen-bond acceptors (Lipinski definition) is 6. The number of nitrogens with one attached hydrogen (secondary N) is 3. The van der Waals surface area contributed by atoms with Gasteiger partial charge in [0, 0.05) is 49.1 Å². The van der Waals surface area contributed by atoms with E-state index in [0.29, 0.717) is 24.2 Å². The molecule has 1 aromatic carbocycles. The first-order chi connectivity index (χ1) is 15.7. The summed E-state index contributed by atoms with van der Waals surface area (Å²) in [5.74, 6) is 0.332. The highest BCUT2D eigenvalue weighted by atomic mass is 16.3. The average Bonchev–Trinajstić information content (AvgIpc) is 3.20. The molecule has 0 bridgehead atoms. The summed E-state index contributed by atoms with van der Waals surface area (Å²) in [5.41, 5.74) is 1.93. The first kappa shape index (κ1) is 23.1. The molecule has 178 valence electrons. The van der Waals surface area contributed by atoms with Crippen LogP contribution in [0.5, 0.6) is 0 Å². The third kappa shape index (κ3) is 6.47. The normalized spacial score (nSPS) is 17.4. The number of rotatable bonds is 6. The number of oxazole rings is 1. The zero-order chi connectivity index (χ0) is 23.4. The number of benzene rings is 1. The molecule has 33 heavy (non-hydrogen) atoms. The van der Waals surface area contributed by atoms with Crippen molar-refractivity contribution in [3.05, 3.63) is 42.1 Å². The van der Waals surface area contributed by atoms with Crippen LogP contribution in [-0.2, 0) is 6.54 Å². The van der Waals surface area contributed by atoms with Crippen LogP contribution in [0.2, 0.25) is 0 Å². The van der Waals surface area contributed by atoms with E-state index in [4.69, 9.17) is 4.42 Å². The van der Waals surface area contributed by atoms with Gasteiger partial charge in [0.05, 0.1) is 6.54 Å². The number of carbonyl (C=O) groups is 2. The standard InChI is InChI=1S/C24H34N6O3/c1-24(2,3)28-22(31)20-16-33-21(27-20)15-29-11-13-30(14-12-29)19-9-7-18(8-10-19)26-23(32)25-17-5-4-6-17/h7-10,16-17H,4-6,11-15H2,1-3H3,(H,28,31)(H2,25,26,32). The van der Waals surface area contributed by atoms with Crippen molar-refractivity contribution in [2.24, 2.45) is 0 Å². The maximum absolute atomic E-state index is 12.2. The fraction of sp³-hybridized carbons (Fsp3) is 0.542. The molecule has 9 heteroatoms. The minimum Gasteiger partial charge on any atom is -0.447 e. The van der Waals surface area contributed by atoms with E-state index in [0.717, 1.165) is 50.4 Å². The molecule has 2 fully saturated rings. The topological polar surface area (TPSA) is 103 Å². The fourth-order valence-corrected chi connectivity index (χ4v) is 3.91. The minimum absolute atomic E-state index is 0.133. The Hall–Kier alpha value is -3.07. The molecule has 0 radical (unpaired) electrons. The third-order valence-corrected chi connectivity index (χ3v) is 5.93. The Morgan fingerprint density at radius 3 is 2.39 bits per heavy atom. The molecule has 2 aromatic rings. The van der Waals surface area contributed by atoms with Gasteiger partial charge >= 0.3 is 6.03 Å². The summed E-state index contributed by atoms with van der Waals surface area (Å²) in [6, 6.07) is 8.17. The summed E-state index contributed by atoms with van der Waals surface area (Å²) in [7, 11) is 0. The number of hydrogen-bond donors (Lipinski definition) is 3. The molecule has 9 nitrogen and oxygen atoms in total. The Kier molecular flexibility index (Phi) is 6.88. The van der Waals surface area contributed by atoms with Crippen molar-refractivity contribution in [3.8, 4) is 0 Å². The maximum Gasteiger partial charge on any atom is 0.319 e. The van der Waals surface area contributed by atoms with Gasteiger partial charge in [-0.1, -0.05) is 0 Å². The molecule has 1 saturated heterocycles.